The van der Waals surface area contributed by atoms with Crippen LogP contribution in [-0.4, -0.2) is 31.2 Å². The molecule has 0 amide bonds. The van der Waals surface area contributed by atoms with Crippen molar-refractivity contribution >= 4 is 0 Å². The molecule has 0 aromatic heterocycles. The summed E-state index contributed by atoms with van der Waals surface area (Å²) in [5.74, 6) is 0.955. The summed E-state index contributed by atoms with van der Waals surface area (Å²) in [4.78, 5) is 2.59. The fourth-order valence-corrected chi connectivity index (χ4v) is 4.42. The number of nitrogens with zero attached hydrogens (tertiary/aromatic N) is 1. The van der Waals surface area contributed by atoms with Crippen molar-refractivity contribution < 1.29 is 9.47 Å². The lowest BCUT2D eigenvalue weighted by atomic mass is 9.98. The fourth-order valence-electron chi connectivity index (χ4n) is 4.42. The average molecular weight is 416 g/mol. The highest BCUT2D eigenvalue weighted by molar-refractivity contribution is 5.19. The lowest BCUT2D eigenvalue weighted by Gasteiger charge is -2.25. The lowest BCUT2D eigenvalue weighted by molar-refractivity contribution is 0.0394. The molecule has 0 unspecified atom stereocenters. The highest BCUT2D eigenvalue weighted by Crippen LogP contribution is 2.32. The molecule has 0 bridgehead atoms. The van der Waals surface area contributed by atoms with E-state index < -0.39 is 0 Å². The zero-order valence-corrected chi connectivity index (χ0v) is 18.4. The van der Waals surface area contributed by atoms with Gasteiger partial charge in [-0.2, -0.15) is 0 Å². The summed E-state index contributed by atoms with van der Waals surface area (Å²) in [5, 5.41) is 0. The molecule has 1 aliphatic heterocycles. The van der Waals surface area contributed by atoms with Gasteiger partial charge >= 0.3 is 0 Å². The van der Waals surface area contributed by atoms with E-state index in [-0.39, 0.29) is 0 Å². The third-order valence-corrected chi connectivity index (χ3v) is 6.32. The Kier molecular flexibility index (Phi) is 7.89. The van der Waals surface area contributed by atoms with Gasteiger partial charge in [0.2, 0.25) is 0 Å². The first-order valence-corrected chi connectivity index (χ1v) is 11.3. The minimum Gasteiger partial charge on any atom is -0.376 e. The van der Waals surface area contributed by atoms with Crippen LogP contribution in [0.1, 0.15) is 29.7 Å². The Bertz CT molecular complexity index is 831. The smallest absolute Gasteiger partial charge is 0.0717 e. The van der Waals surface area contributed by atoms with E-state index in [0.29, 0.717) is 31.1 Å². The molecule has 31 heavy (non-hydrogen) atoms. The van der Waals surface area contributed by atoms with Crippen LogP contribution in [0.5, 0.6) is 0 Å². The number of ether oxygens (including phenoxy) is 2. The second-order valence-corrected chi connectivity index (χ2v) is 8.56. The van der Waals surface area contributed by atoms with Crippen molar-refractivity contribution in [2.75, 3.05) is 26.3 Å². The van der Waals surface area contributed by atoms with Crippen molar-refractivity contribution in [3.05, 3.63) is 108 Å². The summed E-state index contributed by atoms with van der Waals surface area (Å²) in [7, 11) is 0. The topological polar surface area (TPSA) is 21.7 Å². The predicted molar refractivity (Wildman–Crippen MR) is 126 cm³/mol. The van der Waals surface area contributed by atoms with E-state index in [1.165, 1.54) is 16.7 Å². The molecule has 0 spiro atoms. The molecular weight excluding hydrogens is 382 g/mol. The van der Waals surface area contributed by atoms with E-state index in [1.54, 1.807) is 0 Å². The second-order valence-electron chi connectivity index (χ2n) is 8.56. The van der Waals surface area contributed by atoms with Crippen molar-refractivity contribution in [1.29, 1.82) is 0 Å². The van der Waals surface area contributed by atoms with Crippen LogP contribution in [-0.2, 0) is 22.7 Å². The van der Waals surface area contributed by atoms with Gasteiger partial charge in [0.25, 0.3) is 0 Å². The van der Waals surface area contributed by atoms with Gasteiger partial charge < -0.3 is 9.47 Å². The van der Waals surface area contributed by atoms with Gasteiger partial charge in [0.05, 0.1) is 26.4 Å². The summed E-state index contributed by atoms with van der Waals surface area (Å²) < 4.78 is 12.3. The molecule has 3 nitrogen and oxygen atoms in total. The molecule has 1 heterocycles. The zero-order chi connectivity index (χ0) is 21.3. The van der Waals surface area contributed by atoms with Crippen LogP contribution in [0.2, 0.25) is 0 Å². The predicted octanol–water partition coefficient (Wildman–Crippen LogP) is 5.73. The van der Waals surface area contributed by atoms with E-state index in [0.717, 1.165) is 26.3 Å². The summed E-state index contributed by atoms with van der Waals surface area (Å²) in [6.45, 7) is 7.28. The number of rotatable bonds is 10. The average Bonchev–Trinajstić information content (AvgIpc) is 3.23. The van der Waals surface area contributed by atoms with Gasteiger partial charge in [-0.1, -0.05) is 91.0 Å². The molecule has 1 saturated heterocycles. The van der Waals surface area contributed by atoms with Gasteiger partial charge in [0.1, 0.15) is 0 Å². The summed E-state index contributed by atoms with van der Waals surface area (Å²) in [6, 6.07) is 32.0. The van der Waals surface area contributed by atoms with E-state index in [4.69, 9.17) is 9.47 Å². The highest BCUT2D eigenvalue weighted by atomic mass is 16.5. The SMILES string of the molecule is C[C@H](c1ccccc1)N1C[C@H](COCc2ccccc2)[C@@H](COCc2ccccc2)C1. The maximum atomic E-state index is 6.15. The van der Waals surface area contributed by atoms with Gasteiger partial charge in [-0.3, -0.25) is 4.90 Å². The quantitative estimate of drug-likeness (QED) is 0.422. The maximum absolute atomic E-state index is 6.15. The van der Waals surface area contributed by atoms with E-state index in [9.17, 15) is 0 Å². The minimum absolute atomic E-state index is 0.400. The number of benzene rings is 3. The third-order valence-electron chi connectivity index (χ3n) is 6.32. The molecule has 0 N–H and O–H groups in total. The van der Waals surface area contributed by atoms with Crippen molar-refractivity contribution in [3.63, 3.8) is 0 Å². The molecule has 1 fully saturated rings. The Labute approximate surface area is 186 Å². The van der Waals surface area contributed by atoms with Crippen molar-refractivity contribution in [3.8, 4) is 0 Å². The van der Waals surface area contributed by atoms with Gasteiger partial charge in [-0.25, -0.2) is 0 Å². The van der Waals surface area contributed by atoms with Crippen LogP contribution in [0.25, 0.3) is 0 Å². The van der Waals surface area contributed by atoms with Crippen LogP contribution in [0, 0.1) is 11.8 Å². The van der Waals surface area contributed by atoms with Crippen LogP contribution >= 0.6 is 0 Å². The molecule has 1 aliphatic rings. The van der Waals surface area contributed by atoms with E-state index in [2.05, 4.69) is 90.7 Å². The van der Waals surface area contributed by atoms with Crippen molar-refractivity contribution in [1.82, 2.24) is 4.90 Å². The number of likely N-dealkylation sites (tertiary alicyclic amines) is 1. The first kappa shape index (κ1) is 21.8. The molecule has 3 aromatic rings. The first-order chi connectivity index (χ1) is 15.3. The van der Waals surface area contributed by atoms with Gasteiger partial charge in [0, 0.05) is 31.0 Å². The molecule has 3 aromatic carbocycles. The molecule has 3 heteroatoms. The third kappa shape index (κ3) is 6.27. The van der Waals surface area contributed by atoms with E-state index >= 15 is 0 Å². The van der Waals surface area contributed by atoms with Crippen LogP contribution in [0.15, 0.2) is 91.0 Å². The summed E-state index contributed by atoms with van der Waals surface area (Å²) in [6.07, 6.45) is 0. The first-order valence-electron chi connectivity index (χ1n) is 11.3. The zero-order valence-electron chi connectivity index (χ0n) is 18.4. The Morgan fingerprint density at radius 2 is 1.10 bits per heavy atom. The van der Waals surface area contributed by atoms with Crippen LogP contribution in [0.4, 0.5) is 0 Å². The Morgan fingerprint density at radius 3 is 1.55 bits per heavy atom. The van der Waals surface area contributed by atoms with Gasteiger partial charge in [0.15, 0.2) is 0 Å². The number of hydrogen-bond donors (Lipinski definition) is 0. The van der Waals surface area contributed by atoms with E-state index in [1.807, 2.05) is 12.1 Å². The van der Waals surface area contributed by atoms with Gasteiger partial charge in [-0.05, 0) is 23.6 Å². The standard InChI is InChI=1S/C28H33NO2/c1-23(26-15-9-4-10-16-26)29-17-27(21-30-19-24-11-5-2-6-12-24)28(18-29)22-31-20-25-13-7-3-8-14-25/h2-16,23,27-28H,17-22H2,1H3/t23-,27-,28-/m1/s1. The van der Waals surface area contributed by atoms with Crippen LogP contribution in [0.3, 0.4) is 0 Å². The number of hydrogen-bond acceptors (Lipinski definition) is 3. The second kappa shape index (κ2) is 11.2. The van der Waals surface area contributed by atoms with Crippen LogP contribution < -0.4 is 0 Å². The normalized spacial score (nSPS) is 20.0. The molecule has 0 saturated carbocycles. The molecule has 0 aliphatic carbocycles. The highest BCUT2D eigenvalue weighted by Gasteiger charge is 2.35. The summed E-state index contributed by atoms with van der Waals surface area (Å²) in [5.41, 5.74) is 3.83. The van der Waals surface area contributed by atoms with Gasteiger partial charge in [-0.15, -0.1) is 0 Å². The summed E-state index contributed by atoms with van der Waals surface area (Å²) >= 11 is 0. The minimum atomic E-state index is 0.400. The molecule has 0 radical (unpaired) electrons. The maximum Gasteiger partial charge on any atom is 0.0717 e. The lowest BCUT2D eigenvalue weighted by Crippen LogP contribution is -2.25. The molecule has 4 rings (SSSR count). The molecule has 162 valence electrons. The largest absolute Gasteiger partial charge is 0.376 e. The Morgan fingerprint density at radius 1 is 0.677 bits per heavy atom. The fraction of sp³-hybridized carbons (Fsp3) is 0.357. The molecule has 3 atom stereocenters. The monoisotopic (exact) mass is 415 g/mol. The Balaban J connectivity index is 1.35. The molecular formula is C28H33NO2. The van der Waals surface area contributed by atoms with Crippen molar-refractivity contribution in [2.45, 2.75) is 26.2 Å². The Hall–Kier alpha value is -2.46. The van der Waals surface area contributed by atoms with Crippen molar-refractivity contribution in [2.24, 2.45) is 11.8 Å².